The fourth-order valence-corrected chi connectivity index (χ4v) is 3.68. The summed E-state index contributed by atoms with van der Waals surface area (Å²) in [7, 11) is 0. The smallest absolute Gasteiger partial charge is 0.240 e. The van der Waals surface area contributed by atoms with E-state index in [1.807, 2.05) is 44.2 Å². The van der Waals surface area contributed by atoms with Crippen LogP contribution in [-0.4, -0.2) is 54.8 Å². The zero-order chi connectivity index (χ0) is 24.9. The Morgan fingerprint density at radius 2 is 1.76 bits per heavy atom. The highest BCUT2D eigenvalue weighted by molar-refractivity contribution is 5.83. The molecular formula is C26H38N4O4. The highest BCUT2D eigenvalue weighted by atomic mass is 16.5. The van der Waals surface area contributed by atoms with E-state index >= 15 is 0 Å². The summed E-state index contributed by atoms with van der Waals surface area (Å²) in [6.07, 6.45) is 2.79. The van der Waals surface area contributed by atoms with Crippen LogP contribution in [0.25, 0.3) is 0 Å². The Morgan fingerprint density at radius 1 is 1.09 bits per heavy atom. The molecule has 3 rings (SSSR count). The lowest BCUT2D eigenvalue weighted by Gasteiger charge is -2.35. The third kappa shape index (κ3) is 9.80. The Bertz CT molecular complexity index is 874. The van der Waals surface area contributed by atoms with Crippen LogP contribution >= 0.6 is 0 Å². The van der Waals surface area contributed by atoms with Crippen molar-refractivity contribution in [1.29, 1.82) is 0 Å². The Labute approximate surface area is 202 Å². The number of carbonyl (C=O) groups excluding carboxylic acids is 2. The largest absolute Gasteiger partial charge is 0.491 e. The molecule has 0 aliphatic carbocycles. The molecule has 2 unspecified atom stereocenters. The molecule has 0 bridgehead atoms. The van der Waals surface area contributed by atoms with Gasteiger partial charge in [-0.25, -0.2) is 0 Å². The van der Waals surface area contributed by atoms with Crippen molar-refractivity contribution in [2.45, 2.75) is 57.7 Å². The number of nitrogens with one attached hydrogen (secondary N) is 1. The van der Waals surface area contributed by atoms with Gasteiger partial charge < -0.3 is 31.5 Å². The lowest BCUT2D eigenvalue weighted by atomic mass is 10.0. The summed E-state index contributed by atoms with van der Waals surface area (Å²) < 4.78 is 5.45. The summed E-state index contributed by atoms with van der Waals surface area (Å²) in [5, 5.41) is 12.8. The van der Waals surface area contributed by atoms with Gasteiger partial charge in [0, 0.05) is 24.8 Å². The number of nitrogens with zero attached hydrogens (tertiary/aromatic N) is 1. The fourth-order valence-electron chi connectivity index (χ4n) is 3.68. The zero-order valence-corrected chi connectivity index (χ0v) is 20.2. The molecule has 8 nitrogen and oxygen atoms in total. The molecule has 186 valence electrons. The Hall–Kier alpha value is -3.10. The van der Waals surface area contributed by atoms with Crippen molar-refractivity contribution < 1.29 is 19.4 Å². The molecular weight excluding hydrogens is 432 g/mol. The molecule has 2 aromatic carbocycles. The summed E-state index contributed by atoms with van der Waals surface area (Å²) >= 11 is 0. The number of hydrogen-bond acceptors (Lipinski definition) is 6. The summed E-state index contributed by atoms with van der Waals surface area (Å²) in [6.45, 7) is 5.69. The molecule has 0 aromatic heterocycles. The average molecular weight is 471 g/mol. The predicted octanol–water partition coefficient (Wildman–Crippen LogP) is 1.98. The van der Waals surface area contributed by atoms with Crippen molar-refractivity contribution in [3.8, 4) is 5.75 Å². The number of benzene rings is 2. The standard InChI is InChI=1S/C14H22N2O3.C12H16N2O/c1-10(2)16-8-12(17)9-19-13-5-3-11(4-6-13)7-14(15)18;13-12(15)11-8-4-5-9-14(11)10-6-2-1-3-7-10/h3-6,10,12,16-17H,7-9H2,1-2H3,(H2,15,18);1-3,6-7,11H,4-5,8-9H2,(H2,13,15). The van der Waals surface area contributed by atoms with Crippen LogP contribution in [0.4, 0.5) is 5.69 Å². The molecule has 2 atom stereocenters. The van der Waals surface area contributed by atoms with Gasteiger partial charge in [0.05, 0.1) is 6.42 Å². The third-order valence-corrected chi connectivity index (χ3v) is 5.42. The van der Waals surface area contributed by atoms with E-state index in [2.05, 4.69) is 10.2 Å². The van der Waals surface area contributed by atoms with Crippen LogP contribution in [0, 0.1) is 0 Å². The Kier molecular flexibility index (Phi) is 11.4. The van der Waals surface area contributed by atoms with Gasteiger partial charge >= 0.3 is 0 Å². The summed E-state index contributed by atoms with van der Waals surface area (Å²) in [5.41, 5.74) is 12.5. The number of ether oxygens (including phenoxy) is 1. The molecule has 1 heterocycles. The second kappa shape index (κ2) is 14.2. The van der Waals surface area contributed by atoms with E-state index in [4.69, 9.17) is 16.2 Å². The number of para-hydroxylation sites is 1. The zero-order valence-electron chi connectivity index (χ0n) is 20.2. The first kappa shape index (κ1) is 27.1. The van der Waals surface area contributed by atoms with Crippen molar-refractivity contribution >= 4 is 17.5 Å². The maximum atomic E-state index is 11.3. The number of primary amides is 2. The van der Waals surface area contributed by atoms with Crippen molar-refractivity contribution in [2.75, 3.05) is 24.6 Å². The molecule has 2 amide bonds. The van der Waals surface area contributed by atoms with Crippen LogP contribution in [0.2, 0.25) is 0 Å². The number of aliphatic hydroxyl groups is 1. The minimum Gasteiger partial charge on any atom is -0.491 e. The van der Waals surface area contributed by atoms with Gasteiger partial charge in [0.2, 0.25) is 11.8 Å². The van der Waals surface area contributed by atoms with Gasteiger partial charge in [-0.05, 0) is 49.1 Å². The van der Waals surface area contributed by atoms with Crippen molar-refractivity contribution in [3.05, 3.63) is 60.2 Å². The topological polar surface area (TPSA) is 131 Å². The monoisotopic (exact) mass is 470 g/mol. The van der Waals surface area contributed by atoms with Crippen LogP contribution < -0.4 is 26.4 Å². The third-order valence-electron chi connectivity index (χ3n) is 5.42. The van der Waals surface area contributed by atoms with Crippen molar-refractivity contribution in [2.24, 2.45) is 11.5 Å². The molecule has 34 heavy (non-hydrogen) atoms. The molecule has 2 aromatic rings. The van der Waals surface area contributed by atoms with Gasteiger partial charge in [-0.3, -0.25) is 9.59 Å². The summed E-state index contributed by atoms with van der Waals surface area (Å²) in [6, 6.07) is 17.3. The summed E-state index contributed by atoms with van der Waals surface area (Å²) in [4.78, 5) is 24.2. The number of anilines is 1. The van der Waals surface area contributed by atoms with Crippen LogP contribution in [0.5, 0.6) is 5.75 Å². The van der Waals surface area contributed by atoms with Gasteiger partial charge in [-0.1, -0.05) is 44.2 Å². The van der Waals surface area contributed by atoms with Gasteiger partial charge in [-0.2, -0.15) is 0 Å². The summed E-state index contributed by atoms with van der Waals surface area (Å²) in [5.74, 6) is 0.0965. The van der Waals surface area contributed by atoms with Crippen LogP contribution in [-0.2, 0) is 16.0 Å². The number of piperidine rings is 1. The Morgan fingerprint density at radius 3 is 2.35 bits per heavy atom. The van der Waals surface area contributed by atoms with Crippen LogP contribution in [0.15, 0.2) is 54.6 Å². The lowest BCUT2D eigenvalue weighted by molar-refractivity contribution is -0.120. The van der Waals surface area contributed by atoms with E-state index in [0.717, 1.165) is 37.1 Å². The molecule has 0 radical (unpaired) electrons. The van der Waals surface area contributed by atoms with Gasteiger partial charge in [0.1, 0.15) is 24.5 Å². The highest BCUT2D eigenvalue weighted by Gasteiger charge is 2.26. The maximum Gasteiger partial charge on any atom is 0.240 e. The molecule has 1 aliphatic heterocycles. The SMILES string of the molecule is CC(C)NCC(O)COc1ccc(CC(N)=O)cc1.NC(=O)C1CCCCN1c1ccccc1. The molecule has 1 aliphatic rings. The predicted molar refractivity (Wildman–Crippen MR) is 135 cm³/mol. The molecule has 0 saturated carbocycles. The first-order valence-electron chi connectivity index (χ1n) is 11.8. The van der Waals surface area contributed by atoms with Gasteiger partial charge in [0.25, 0.3) is 0 Å². The molecule has 1 fully saturated rings. The van der Waals surface area contributed by atoms with Gasteiger partial charge in [-0.15, -0.1) is 0 Å². The molecule has 8 heteroatoms. The first-order chi connectivity index (χ1) is 16.3. The second-order valence-corrected chi connectivity index (χ2v) is 8.76. The normalized spacial score (nSPS) is 16.4. The average Bonchev–Trinajstić information content (AvgIpc) is 2.83. The van der Waals surface area contributed by atoms with Crippen LogP contribution in [0.3, 0.4) is 0 Å². The minimum absolute atomic E-state index is 0.124. The van der Waals surface area contributed by atoms with E-state index in [-0.39, 0.29) is 30.9 Å². The van der Waals surface area contributed by atoms with Crippen LogP contribution in [0.1, 0.15) is 38.7 Å². The lowest BCUT2D eigenvalue weighted by Crippen LogP contribution is -2.47. The second-order valence-electron chi connectivity index (χ2n) is 8.76. The number of aliphatic hydroxyl groups excluding tert-OH is 1. The number of amides is 2. The van der Waals surface area contributed by atoms with Crippen molar-refractivity contribution in [3.63, 3.8) is 0 Å². The quantitative estimate of drug-likeness (QED) is 0.420. The minimum atomic E-state index is -0.548. The maximum absolute atomic E-state index is 11.3. The van der Waals surface area contributed by atoms with E-state index in [0.29, 0.717) is 18.3 Å². The molecule has 1 saturated heterocycles. The highest BCUT2D eigenvalue weighted by Crippen LogP contribution is 2.24. The van der Waals surface area contributed by atoms with E-state index in [1.165, 1.54) is 0 Å². The van der Waals surface area contributed by atoms with E-state index in [1.54, 1.807) is 24.3 Å². The van der Waals surface area contributed by atoms with E-state index < -0.39 is 6.10 Å². The number of rotatable bonds is 10. The Balaban J connectivity index is 0.000000246. The van der Waals surface area contributed by atoms with E-state index in [9.17, 15) is 14.7 Å². The molecule has 0 spiro atoms. The number of nitrogens with two attached hydrogens (primary N) is 2. The van der Waals surface area contributed by atoms with Crippen molar-refractivity contribution in [1.82, 2.24) is 5.32 Å². The first-order valence-corrected chi connectivity index (χ1v) is 11.8. The fraction of sp³-hybridized carbons (Fsp3) is 0.462. The molecule has 6 N–H and O–H groups in total. The van der Waals surface area contributed by atoms with Gasteiger partial charge in [0.15, 0.2) is 0 Å². The number of hydrogen-bond donors (Lipinski definition) is 4. The number of carbonyl (C=O) groups is 2.